The van der Waals surface area contributed by atoms with Crippen LogP contribution in [0, 0.1) is 13.8 Å². The van der Waals surface area contributed by atoms with E-state index in [-0.39, 0.29) is 11.5 Å². The van der Waals surface area contributed by atoms with Crippen LogP contribution in [0.5, 0.6) is 5.75 Å². The predicted octanol–water partition coefficient (Wildman–Crippen LogP) is 3.06. The van der Waals surface area contributed by atoms with Crippen LogP contribution < -0.4 is 15.6 Å². The molecule has 0 radical (unpaired) electrons. The Morgan fingerprint density at radius 2 is 1.93 bits per heavy atom. The molecule has 0 unspecified atom stereocenters. The van der Waals surface area contributed by atoms with E-state index in [1.54, 1.807) is 43.1 Å². The Kier molecular flexibility index (Phi) is 4.15. The highest BCUT2D eigenvalue weighted by atomic mass is 16.5. The molecule has 3 aromatic heterocycles. The Bertz CT molecular complexity index is 1300. The third-order valence-electron chi connectivity index (χ3n) is 4.86. The van der Waals surface area contributed by atoms with Crippen molar-refractivity contribution in [1.82, 2.24) is 14.0 Å². The van der Waals surface area contributed by atoms with Crippen LogP contribution in [0.2, 0.25) is 0 Å². The Balaban J connectivity index is 1.85. The van der Waals surface area contributed by atoms with Gasteiger partial charge in [0, 0.05) is 13.2 Å². The number of amides is 1. The lowest BCUT2D eigenvalue weighted by Gasteiger charge is -2.11. The van der Waals surface area contributed by atoms with Gasteiger partial charge in [0.1, 0.15) is 22.7 Å². The van der Waals surface area contributed by atoms with E-state index in [2.05, 4.69) is 10.3 Å². The Morgan fingerprint density at radius 1 is 1.14 bits per heavy atom. The molecule has 28 heavy (non-hydrogen) atoms. The molecule has 142 valence electrons. The molecule has 0 spiro atoms. The average molecular weight is 376 g/mol. The summed E-state index contributed by atoms with van der Waals surface area (Å²) < 4.78 is 8.47. The summed E-state index contributed by atoms with van der Waals surface area (Å²) >= 11 is 0. The van der Waals surface area contributed by atoms with Crippen molar-refractivity contribution in [2.24, 2.45) is 7.05 Å². The number of carbonyl (C=O) groups excluding carboxylic acids is 1. The van der Waals surface area contributed by atoms with E-state index in [0.717, 1.165) is 11.1 Å². The molecule has 0 fully saturated rings. The van der Waals surface area contributed by atoms with Crippen molar-refractivity contribution >= 4 is 28.3 Å². The number of hydrogen-bond acceptors (Lipinski definition) is 4. The van der Waals surface area contributed by atoms with Crippen molar-refractivity contribution in [3.8, 4) is 5.75 Å². The number of benzene rings is 1. The molecule has 4 rings (SSSR count). The topological polar surface area (TPSA) is 77.6 Å². The normalized spacial score (nSPS) is 11.1. The highest BCUT2D eigenvalue weighted by molar-refractivity contribution is 6.06. The van der Waals surface area contributed by atoms with E-state index in [9.17, 15) is 9.59 Å². The molecule has 0 bridgehead atoms. The van der Waals surface area contributed by atoms with Crippen molar-refractivity contribution in [2.75, 3.05) is 12.4 Å². The van der Waals surface area contributed by atoms with Crippen molar-refractivity contribution in [3.63, 3.8) is 0 Å². The van der Waals surface area contributed by atoms with Gasteiger partial charge in [0.15, 0.2) is 0 Å². The Hall–Kier alpha value is -3.61. The zero-order valence-electron chi connectivity index (χ0n) is 16.1. The van der Waals surface area contributed by atoms with Crippen LogP contribution in [0.15, 0.2) is 47.4 Å². The summed E-state index contributed by atoms with van der Waals surface area (Å²) in [5.41, 5.74) is 3.65. The molecule has 0 aliphatic carbocycles. The molecule has 1 aromatic carbocycles. The van der Waals surface area contributed by atoms with Gasteiger partial charge in [-0.3, -0.25) is 14.0 Å². The first-order chi connectivity index (χ1) is 13.4. The number of nitrogens with one attached hydrogen (secondary N) is 1. The van der Waals surface area contributed by atoms with Crippen LogP contribution in [-0.4, -0.2) is 27.0 Å². The number of pyridine rings is 1. The highest BCUT2D eigenvalue weighted by Crippen LogP contribution is 2.26. The highest BCUT2D eigenvalue weighted by Gasteiger charge is 2.19. The summed E-state index contributed by atoms with van der Waals surface area (Å²) in [6, 6.07) is 10.8. The van der Waals surface area contributed by atoms with E-state index in [1.807, 2.05) is 32.0 Å². The molecular formula is C21H20N4O3. The van der Waals surface area contributed by atoms with Gasteiger partial charge in [0.2, 0.25) is 0 Å². The number of methoxy groups -OCH3 is 1. The fourth-order valence-electron chi connectivity index (χ4n) is 3.35. The van der Waals surface area contributed by atoms with E-state index in [0.29, 0.717) is 33.8 Å². The van der Waals surface area contributed by atoms with E-state index in [1.165, 1.54) is 4.40 Å². The first-order valence-corrected chi connectivity index (χ1v) is 8.84. The van der Waals surface area contributed by atoms with Crippen LogP contribution >= 0.6 is 0 Å². The number of anilines is 1. The number of fused-ring (bicyclic) bond motifs is 2. The Morgan fingerprint density at radius 3 is 2.68 bits per heavy atom. The quantitative estimate of drug-likeness (QED) is 0.596. The second-order valence-electron chi connectivity index (χ2n) is 6.79. The van der Waals surface area contributed by atoms with Crippen molar-refractivity contribution in [1.29, 1.82) is 0 Å². The molecule has 7 heteroatoms. The average Bonchev–Trinajstić information content (AvgIpc) is 3.00. The van der Waals surface area contributed by atoms with Crippen molar-refractivity contribution < 1.29 is 9.53 Å². The molecule has 3 heterocycles. The first-order valence-electron chi connectivity index (χ1n) is 8.84. The second-order valence-corrected chi connectivity index (χ2v) is 6.79. The standard InChI is InChI=1S/C21H20N4O3/c1-12-7-8-17(28-4)15(10-12)22-20(26)16-11-14-19(24(16)3)23-18-13(2)6-5-9-25(18)21(14)27/h5-11H,1-4H3,(H,22,26). The summed E-state index contributed by atoms with van der Waals surface area (Å²) in [5.74, 6) is 0.229. The number of rotatable bonds is 3. The molecule has 1 amide bonds. The number of ether oxygens (including phenoxy) is 1. The van der Waals surface area contributed by atoms with Gasteiger partial charge in [-0.25, -0.2) is 4.98 Å². The number of aryl methyl sites for hydroxylation is 3. The Labute approximate surface area is 161 Å². The monoisotopic (exact) mass is 376 g/mol. The van der Waals surface area contributed by atoms with Gasteiger partial charge in [-0.2, -0.15) is 0 Å². The third-order valence-corrected chi connectivity index (χ3v) is 4.86. The molecular weight excluding hydrogens is 356 g/mol. The first kappa shape index (κ1) is 17.8. The molecule has 0 saturated heterocycles. The van der Waals surface area contributed by atoms with Gasteiger partial charge < -0.3 is 14.6 Å². The second kappa shape index (κ2) is 6.53. The van der Waals surface area contributed by atoms with Gasteiger partial charge in [-0.05, 0) is 49.2 Å². The van der Waals surface area contributed by atoms with Gasteiger partial charge in [-0.1, -0.05) is 12.1 Å². The number of hydrogen-bond donors (Lipinski definition) is 1. The maximum Gasteiger partial charge on any atom is 0.272 e. The summed E-state index contributed by atoms with van der Waals surface area (Å²) in [4.78, 5) is 30.4. The van der Waals surface area contributed by atoms with Crippen molar-refractivity contribution in [3.05, 3.63) is 69.8 Å². The molecule has 7 nitrogen and oxygen atoms in total. The minimum absolute atomic E-state index is 0.202. The van der Waals surface area contributed by atoms with Gasteiger partial charge >= 0.3 is 0 Å². The summed E-state index contributed by atoms with van der Waals surface area (Å²) in [7, 11) is 3.28. The van der Waals surface area contributed by atoms with Crippen LogP contribution in [0.4, 0.5) is 5.69 Å². The fourth-order valence-corrected chi connectivity index (χ4v) is 3.35. The predicted molar refractivity (Wildman–Crippen MR) is 108 cm³/mol. The van der Waals surface area contributed by atoms with Crippen LogP contribution in [0.25, 0.3) is 16.7 Å². The molecule has 1 N–H and O–H groups in total. The molecule has 4 aromatic rings. The van der Waals surface area contributed by atoms with E-state index >= 15 is 0 Å². The number of aromatic nitrogens is 3. The lowest BCUT2D eigenvalue weighted by Crippen LogP contribution is -2.16. The smallest absolute Gasteiger partial charge is 0.272 e. The number of nitrogens with zero attached hydrogens (tertiary/aromatic N) is 3. The lowest BCUT2D eigenvalue weighted by atomic mass is 10.2. The van der Waals surface area contributed by atoms with E-state index in [4.69, 9.17) is 4.74 Å². The lowest BCUT2D eigenvalue weighted by molar-refractivity contribution is 0.101. The zero-order valence-corrected chi connectivity index (χ0v) is 16.1. The third kappa shape index (κ3) is 2.72. The minimum Gasteiger partial charge on any atom is -0.495 e. The van der Waals surface area contributed by atoms with Gasteiger partial charge in [0.05, 0.1) is 18.2 Å². The summed E-state index contributed by atoms with van der Waals surface area (Å²) in [6.07, 6.45) is 1.68. The SMILES string of the molecule is COc1ccc(C)cc1NC(=O)c1cc2c(=O)n3cccc(C)c3nc2n1C. The summed E-state index contributed by atoms with van der Waals surface area (Å²) in [5, 5.41) is 3.27. The maximum absolute atomic E-state index is 12.9. The minimum atomic E-state index is -0.338. The summed E-state index contributed by atoms with van der Waals surface area (Å²) in [6.45, 7) is 3.83. The van der Waals surface area contributed by atoms with Crippen molar-refractivity contribution in [2.45, 2.75) is 13.8 Å². The molecule has 0 atom stereocenters. The largest absolute Gasteiger partial charge is 0.495 e. The van der Waals surface area contributed by atoms with Gasteiger partial charge in [-0.15, -0.1) is 0 Å². The van der Waals surface area contributed by atoms with Crippen LogP contribution in [0.3, 0.4) is 0 Å². The molecule has 0 aliphatic heterocycles. The zero-order chi connectivity index (χ0) is 20.0. The van der Waals surface area contributed by atoms with Crippen LogP contribution in [-0.2, 0) is 7.05 Å². The molecule has 0 saturated carbocycles. The molecule has 0 aliphatic rings. The van der Waals surface area contributed by atoms with E-state index < -0.39 is 0 Å². The number of carbonyl (C=O) groups is 1. The maximum atomic E-state index is 12.9. The van der Waals surface area contributed by atoms with Gasteiger partial charge in [0.25, 0.3) is 11.5 Å². The fraction of sp³-hybridized carbons (Fsp3) is 0.190. The van der Waals surface area contributed by atoms with Crippen LogP contribution in [0.1, 0.15) is 21.6 Å².